The summed E-state index contributed by atoms with van der Waals surface area (Å²) in [6, 6.07) is 5.32. The minimum atomic E-state index is 0.176. The molecule has 1 aromatic rings. The van der Waals surface area contributed by atoms with Crippen LogP contribution in [0.5, 0.6) is 11.5 Å². The molecule has 0 aliphatic carbocycles. The summed E-state index contributed by atoms with van der Waals surface area (Å²) in [5, 5.41) is 9.54. The standard InChI is InChI=1S/C25H40O2/c1-19(2)8-5-9-20(3)10-6-11-21(4)12-7-13-24-16-14-22-18-23(26)15-17-25(22)27-24/h14-21,24,26H,5-13H2,1-4H3. The van der Waals surface area contributed by atoms with E-state index in [-0.39, 0.29) is 6.10 Å². The van der Waals surface area contributed by atoms with Crippen molar-refractivity contribution in [3.8, 4) is 11.5 Å². The number of fused-ring (bicyclic) bond motifs is 1. The lowest BCUT2D eigenvalue weighted by atomic mass is 9.91. The van der Waals surface area contributed by atoms with Crippen LogP contribution in [0.1, 0.15) is 91.0 Å². The van der Waals surface area contributed by atoms with Gasteiger partial charge >= 0.3 is 0 Å². The highest BCUT2D eigenvalue weighted by molar-refractivity contribution is 5.61. The topological polar surface area (TPSA) is 29.5 Å². The van der Waals surface area contributed by atoms with Crippen LogP contribution in [0.3, 0.4) is 0 Å². The molecule has 27 heavy (non-hydrogen) atoms. The van der Waals surface area contributed by atoms with Crippen LogP contribution >= 0.6 is 0 Å². The highest BCUT2D eigenvalue weighted by atomic mass is 16.5. The Morgan fingerprint density at radius 3 is 2.19 bits per heavy atom. The molecule has 1 aromatic carbocycles. The summed E-state index contributed by atoms with van der Waals surface area (Å²) < 4.78 is 6.04. The molecule has 2 nitrogen and oxygen atoms in total. The maximum Gasteiger partial charge on any atom is 0.127 e. The molecule has 0 amide bonds. The van der Waals surface area contributed by atoms with Gasteiger partial charge in [-0.25, -0.2) is 0 Å². The molecule has 0 aromatic heterocycles. The molecule has 1 aliphatic rings. The molecule has 152 valence electrons. The van der Waals surface area contributed by atoms with Crippen molar-refractivity contribution >= 4 is 6.08 Å². The van der Waals surface area contributed by atoms with Crippen molar-refractivity contribution in [1.82, 2.24) is 0 Å². The van der Waals surface area contributed by atoms with E-state index < -0.39 is 0 Å². The Labute approximate surface area is 167 Å². The molecule has 3 unspecified atom stereocenters. The maximum absolute atomic E-state index is 9.54. The largest absolute Gasteiger partial charge is 0.508 e. The Hall–Kier alpha value is -1.44. The van der Waals surface area contributed by atoms with E-state index in [0.717, 1.165) is 35.5 Å². The van der Waals surface area contributed by atoms with E-state index in [4.69, 9.17) is 4.74 Å². The average Bonchev–Trinajstić information content (AvgIpc) is 2.61. The first-order valence-electron chi connectivity index (χ1n) is 11.1. The van der Waals surface area contributed by atoms with Crippen molar-refractivity contribution in [2.75, 3.05) is 0 Å². The zero-order chi connectivity index (χ0) is 19.6. The van der Waals surface area contributed by atoms with E-state index in [0.29, 0.717) is 5.75 Å². The van der Waals surface area contributed by atoms with Gasteiger partial charge in [0.15, 0.2) is 0 Å². The number of phenolic OH excluding ortho intramolecular Hbond substituents is 1. The Morgan fingerprint density at radius 2 is 1.52 bits per heavy atom. The molecule has 1 heterocycles. The predicted molar refractivity (Wildman–Crippen MR) is 116 cm³/mol. The fourth-order valence-electron chi connectivity index (χ4n) is 3.99. The predicted octanol–water partition coefficient (Wildman–Crippen LogP) is 7.61. The molecule has 2 heteroatoms. The van der Waals surface area contributed by atoms with Crippen LogP contribution in [0, 0.1) is 17.8 Å². The number of phenols is 1. The zero-order valence-corrected chi connectivity index (χ0v) is 17.9. The van der Waals surface area contributed by atoms with Gasteiger partial charge in [0.1, 0.15) is 17.6 Å². The fraction of sp³-hybridized carbons (Fsp3) is 0.680. The third-order valence-corrected chi connectivity index (χ3v) is 5.82. The first-order chi connectivity index (χ1) is 12.9. The maximum atomic E-state index is 9.54. The van der Waals surface area contributed by atoms with Crippen molar-refractivity contribution in [2.24, 2.45) is 17.8 Å². The summed E-state index contributed by atoms with van der Waals surface area (Å²) in [4.78, 5) is 0. The molecule has 1 N–H and O–H groups in total. The van der Waals surface area contributed by atoms with E-state index >= 15 is 0 Å². The molecule has 1 aliphatic heterocycles. The highest BCUT2D eigenvalue weighted by Crippen LogP contribution is 2.30. The third kappa shape index (κ3) is 8.41. The quantitative estimate of drug-likeness (QED) is 0.409. The van der Waals surface area contributed by atoms with E-state index in [1.54, 1.807) is 12.1 Å². The smallest absolute Gasteiger partial charge is 0.127 e. The van der Waals surface area contributed by atoms with Crippen LogP contribution in [-0.2, 0) is 0 Å². The van der Waals surface area contributed by atoms with Gasteiger partial charge in [0.25, 0.3) is 0 Å². The first kappa shape index (κ1) is 21.9. The van der Waals surface area contributed by atoms with E-state index in [9.17, 15) is 5.11 Å². The van der Waals surface area contributed by atoms with Crippen LogP contribution in [0.25, 0.3) is 6.08 Å². The lowest BCUT2D eigenvalue weighted by Gasteiger charge is -2.22. The number of hydrogen-bond donors (Lipinski definition) is 1. The Morgan fingerprint density at radius 1 is 0.889 bits per heavy atom. The van der Waals surface area contributed by atoms with Gasteiger partial charge in [-0.1, -0.05) is 78.7 Å². The molecule has 0 radical (unpaired) electrons. The van der Waals surface area contributed by atoms with E-state index in [2.05, 4.69) is 39.8 Å². The van der Waals surface area contributed by atoms with Gasteiger partial charge in [-0.05, 0) is 54.9 Å². The van der Waals surface area contributed by atoms with Gasteiger partial charge in [0, 0.05) is 5.56 Å². The Kier molecular flexibility index (Phi) is 9.24. The summed E-state index contributed by atoms with van der Waals surface area (Å²) >= 11 is 0. The summed E-state index contributed by atoms with van der Waals surface area (Å²) in [6.45, 7) is 9.47. The van der Waals surface area contributed by atoms with Crippen molar-refractivity contribution in [2.45, 2.75) is 91.6 Å². The molecule has 3 atom stereocenters. The first-order valence-corrected chi connectivity index (χ1v) is 11.1. The monoisotopic (exact) mass is 372 g/mol. The average molecular weight is 373 g/mol. The molecule has 2 rings (SSSR count). The summed E-state index contributed by atoms with van der Waals surface area (Å²) in [7, 11) is 0. The van der Waals surface area contributed by atoms with Gasteiger partial charge in [-0.15, -0.1) is 0 Å². The Bertz CT molecular complexity index is 576. The normalized spacial score (nSPS) is 18.2. The lowest BCUT2D eigenvalue weighted by Crippen LogP contribution is -2.17. The zero-order valence-electron chi connectivity index (χ0n) is 17.9. The van der Waals surface area contributed by atoms with Crippen molar-refractivity contribution in [3.63, 3.8) is 0 Å². The molecule has 0 saturated heterocycles. The molecular weight excluding hydrogens is 332 g/mol. The third-order valence-electron chi connectivity index (χ3n) is 5.82. The van der Waals surface area contributed by atoms with Gasteiger partial charge in [0.05, 0.1) is 0 Å². The molecule has 0 spiro atoms. The van der Waals surface area contributed by atoms with Crippen LogP contribution in [0.4, 0.5) is 0 Å². The van der Waals surface area contributed by atoms with Gasteiger partial charge in [0.2, 0.25) is 0 Å². The minimum absolute atomic E-state index is 0.176. The number of aromatic hydroxyl groups is 1. The van der Waals surface area contributed by atoms with Crippen molar-refractivity contribution in [1.29, 1.82) is 0 Å². The summed E-state index contributed by atoms with van der Waals surface area (Å²) in [5.74, 6) is 3.73. The highest BCUT2D eigenvalue weighted by Gasteiger charge is 2.15. The SMILES string of the molecule is CC(C)CCCC(C)CCCC(C)CCCC1C=Cc2cc(O)ccc2O1. The van der Waals surface area contributed by atoms with Crippen LogP contribution in [-0.4, -0.2) is 11.2 Å². The van der Waals surface area contributed by atoms with Gasteiger partial charge in [-0.2, -0.15) is 0 Å². The lowest BCUT2D eigenvalue weighted by molar-refractivity contribution is 0.226. The van der Waals surface area contributed by atoms with Crippen LogP contribution in [0.2, 0.25) is 0 Å². The van der Waals surface area contributed by atoms with Crippen LogP contribution in [0.15, 0.2) is 24.3 Å². The molecule has 0 bridgehead atoms. The van der Waals surface area contributed by atoms with E-state index in [1.165, 1.54) is 51.4 Å². The second-order valence-electron chi connectivity index (χ2n) is 9.13. The minimum Gasteiger partial charge on any atom is -0.508 e. The fourth-order valence-corrected chi connectivity index (χ4v) is 3.99. The van der Waals surface area contributed by atoms with Gasteiger partial charge < -0.3 is 9.84 Å². The number of rotatable bonds is 12. The number of hydrogen-bond acceptors (Lipinski definition) is 2. The number of benzene rings is 1. The van der Waals surface area contributed by atoms with Crippen molar-refractivity contribution in [3.05, 3.63) is 29.8 Å². The second kappa shape index (κ2) is 11.4. The molecule has 0 fully saturated rings. The molecule has 0 saturated carbocycles. The van der Waals surface area contributed by atoms with Crippen LogP contribution < -0.4 is 4.74 Å². The summed E-state index contributed by atoms with van der Waals surface area (Å²) in [6.07, 6.45) is 16.3. The number of ether oxygens (including phenoxy) is 1. The molecular formula is C25H40O2. The van der Waals surface area contributed by atoms with Crippen molar-refractivity contribution < 1.29 is 9.84 Å². The van der Waals surface area contributed by atoms with E-state index in [1.807, 2.05) is 6.07 Å². The Balaban J connectivity index is 1.55. The van der Waals surface area contributed by atoms with Gasteiger partial charge in [-0.3, -0.25) is 0 Å². The summed E-state index contributed by atoms with van der Waals surface area (Å²) in [5.41, 5.74) is 0.974. The second-order valence-corrected chi connectivity index (χ2v) is 9.13.